The maximum Gasteiger partial charge on any atom is 0.335 e. The first-order chi connectivity index (χ1) is 18.7. The number of aliphatic hydroxyl groups excluding tert-OH is 1. The minimum Gasteiger partial charge on any atom is -0.503 e. The van der Waals surface area contributed by atoms with Gasteiger partial charge in [-0.1, -0.05) is 41.9 Å². The van der Waals surface area contributed by atoms with E-state index in [1.807, 2.05) is 0 Å². The third-order valence-corrected chi connectivity index (χ3v) is 6.74. The molecule has 0 spiro atoms. The smallest absolute Gasteiger partial charge is 0.335 e. The fourth-order valence-electron chi connectivity index (χ4n) is 4.70. The molecule has 1 aromatic heterocycles. The molecule has 1 aliphatic rings. The zero-order chi connectivity index (χ0) is 27.8. The standard InChI is InChI=1S/C29H22ClNO8/c1-37-20-6-4-3-5-19(20)24-23(25(32)21-12-17-11-18(30)13-22(38-2)27(17)39-21)26(33)28(34)31(24)14-15-7-9-16(10-8-15)29(35)36/h3-13,24,33H,14H2,1-2H3,(H,35,36). The Hall–Kier alpha value is -4.76. The van der Waals surface area contributed by atoms with Gasteiger partial charge in [0.1, 0.15) is 5.75 Å². The second-order valence-corrected chi connectivity index (χ2v) is 9.24. The Morgan fingerprint density at radius 1 is 1.00 bits per heavy atom. The van der Waals surface area contributed by atoms with Gasteiger partial charge in [-0.25, -0.2) is 4.79 Å². The molecule has 0 bridgehead atoms. The number of amides is 1. The number of hydrogen-bond acceptors (Lipinski definition) is 7. The molecule has 1 unspecified atom stereocenters. The zero-order valence-corrected chi connectivity index (χ0v) is 21.6. The van der Waals surface area contributed by atoms with Gasteiger partial charge in [0, 0.05) is 28.6 Å². The molecule has 0 aliphatic carbocycles. The van der Waals surface area contributed by atoms with E-state index < -0.39 is 29.5 Å². The van der Waals surface area contributed by atoms with E-state index >= 15 is 0 Å². The Morgan fingerprint density at radius 2 is 1.69 bits per heavy atom. The van der Waals surface area contributed by atoms with Crippen LogP contribution in [0.3, 0.4) is 0 Å². The van der Waals surface area contributed by atoms with E-state index in [-0.39, 0.29) is 23.4 Å². The molecule has 39 heavy (non-hydrogen) atoms. The van der Waals surface area contributed by atoms with Crippen LogP contribution in [-0.2, 0) is 11.3 Å². The number of ether oxygens (including phenoxy) is 2. The van der Waals surface area contributed by atoms with Crippen molar-refractivity contribution < 1.29 is 38.5 Å². The van der Waals surface area contributed by atoms with Crippen LogP contribution < -0.4 is 9.47 Å². The van der Waals surface area contributed by atoms with Gasteiger partial charge in [-0.15, -0.1) is 0 Å². The highest BCUT2D eigenvalue weighted by molar-refractivity contribution is 6.31. The monoisotopic (exact) mass is 547 g/mol. The van der Waals surface area contributed by atoms with Gasteiger partial charge in [-0.2, -0.15) is 0 Å². The number of benzene rings is 3. The van der Waals surface area contributed by atoms with Crippen LogP contribution in [0.4, 0.5) is 0 Å². The molecule has 9 nitrogen and oxygen atoms in total. The summed E-state index contributed by atoms with van der Waals surface area (Å²) in [5.41, 5.74) is 1.26. The Morgan fingerprint density at radius 3 is 2.36 bits per heavy atom. The topological polar surface area (TPSA) is 127 Å². The van der Waals surface area contributed by atoms with Crippen molar-refractivity contribution in [2.45, 2.75) is 12.6 Å². The molecule has 3 aromatic carbocycles. The Kier molecular flexibility index (Phi) is 6.76. The summed E-state index contributed by atoms with van der Waals surface area (Å²) in [7, 11) is 2.91. The van der Waals surface area contributed by atoms with E-state index in [1.54, 1.807) is 48.5 Å². The molecule has 1 atom stereocenters. The highest BCUT2D eigenvalue weighted by Gasteiger charge is 2.45. The van der Waals surface area contributed by atoms with Gasteiger partial charge in [0.2, 0.25) is 5.78 Å². The van der Waals surface area contributed by atoms with Crippen molar-refractivity contribution in [3.05, 3.63) is 106 Å². The Bertz CT molecular complexity index is 1650. The van der Waals surface area contributed by atoms with E-state index in [2.05, 4.69) is 0 Å². The Labute approximate surface area is 227 Å². The first kappa shape index (κ1) is 25.9. The summed E-state index contributed by atoms with van der Waals surface area (Å²) in [4.78, 5) is 39.9. The van der Waals surface area contributed by atoms with Crippen molar-refractivity contribution >= 4 is 40.2 Å². The number of carboxylic acids is 1. The van der Waals surface area contributed by atoms with Crippen LogP contribution in [0.5, 0.6) is 11.5 Å². The quantitative estimate of drug-likeness (QED) is 0.274. The average Bonchev–Trinajstić information content (AvgIpc) is 3.47. The van der Waals surface area contributed by atoms with E-state index in [4.69, 9.17) is 25.5 Å². The predicted molar refractivity (Wildman–Crippen MR) is 141 cm³/mol. The fraction of sp³-hybridized carbons (Fsp3) is 0.138. The number of furan rings is 1. The Balaban J connectivity index is 1.61. The molecule has 0 saturated heterocycles. The van der Waals surface area contributed by atoms with Gasteiger partial charge < -0.3 is 29.0 Å². The summed E-state index contributed by atoms with van der Waals surface area (Å²) < 4.78 is 16.7. The summed E-state index contributed by atoms with van der Waals surface area (Å²) in [5, 5.41) is 21.1. The number of aliphatic hydroxyl groups is 1. The largest absolute Gasteiger partial charge is 0.503 e. The number of para-hydroxylation sites is 1. The van der Waals surface area contributed by atoms with Crippen molar-refractivity contribution in [1.82, 2.24) is 4.90 Å². The molecule has 0 fully saturated rings. The molecule has 0 saturated carbocycles. The number of Topliss-reactive ketones (excluding diaryl/α,β-unsaturated/α-hetero) is 1. The lowest BCUT2D eigenvalue weighted by atomic mass is 9.94. The molecule has 4 aromatic rings. The molecule has 2 heterocycles. The maximum atomic E-state index is 13.9. The van der Waals surface area contributed by atoms with Gasteiger partial charge in [-0.3, -0.25) is 9.59 Å². The number of rotatable bonds is 8. The first-order valence-corrected chi connectivity index (χ1v) is 12.1. The molecule has 1 aliphatic heterocycles. The number of hydrogen-bond donors (Lipinski definition) is 2. The average molecular weight is 548 g/mol. The van der Waals surface area contributed by atoms with Gasteiger partial charge in [0.15, 0.2) is 22.9 Å². The van der Waals surface area contributed by atoms with Gasteiger partial charge >= 0.3 is 5.97 Å². The van der Waals surface area contributed by atoms with Gasteiger partial charge in [-0.05, 0) is 35.9 Å². The third-order valence-electron chi connectivity index (χ3n) is 6.53. The lowest BCUT2D eigenvalue weighted by Crippen LogP contribution is -2.31. The number of ketones is 1. The number of methoxy groups -OCH3 is 2. The summed E-state index contributed by atoms with van der Waals surface area (Å²) in [5.74, 6) is -2.66. The summed E-state index contributed by atoms with van der Waals surface area (Å²) >= 11 is 6.17. The third kappa shape index (κ3) is 4.57. The van der Waals surface area contributed by atoms with Gasteiger partial charge in [0.05, 0.1) is 31.4 Å². The number of fused-ring (bicyclic) bond motifs is 1. The number of carbonyl (C=O) groups is 3. The number of halogens is 1. The van der Waals surface area contributed by atoms with E-state index in [1.165, 1.54) is 37.3 Å². The zero-order valence-electron chi connectivity index (χ0n) is 20.8. The molecule has 198 valence electrons. The summed E-state index contributed by atoms with van der Waals surface area (Å²) in [6.07, 6.45) is 0. The normalized spacial score (nSPS) is 15.2. The number of carboxylic acid groups (broad SMARTS) is 1. The van der Waals surface area contributed by atoms with Crippen LogP contribution >= 0.6 is 11.6 Å². The summed E-state index contributed by atoms with van der Waals surface area (Å²) in [6, 6.07) is 16.4. The van der Waals surface area contributed by atoms with Crippen LogP contribution in [0.15, 0.2) is 82.5 Å². The minimum absolute atomic E-state index is 0.0220. The van der Waals surface area contributed by atoms with E-state index in [9.17, 15) is 24.6 Å². The van der Waals surface area contributed by atoms with Crippen LogP contribution in [0.2, 0.25) is 5.02 Å². The van der Waals surface area contributed by atoms with E-state index in [0.717, 1.165) is 0 Å². The lowest BCUT2D eigenvalue weighted by molar-refractivity contribution is -0.130. The molecule has 10 heteroatoms. The van der Waals surface area contributed by atoms with Crippen molar-refractivity contribution in [3.8, 4) is 11.5 Å². The number of nitrogens with zero attached hydrogens (tertiary/aromatic N) is 1. The van der Waals surface area contributed by atoms with Crippen molar-refractivity contribution in [2.75, 3.05) is 14.2 Å². The molecular weight excluding hydrogens is 526 g/mol. The second-order valence-electron chi connectivity index (χ2n) is 8.81. The van der Waals surface area contributed by atoms with Crippen molar-refractivity contribution in [1.29, 1.82) is 0 Å². The van der Waals surface area contributed by atoms with Crippen molar-refractivity contribution in [3.63, 3.8) is 0 Å². The maximum absolute atomic E-state index is 13.9. The van der Waals surface area contributed by atoms with Crippen LogP contribution in [0.25, 0.3) is 11.0 Å². The highest BCUT2D eigenvalue weighted by Crippen LogP contribution is 2.44. The number of aromatic carboxylic acids is 1. The first-order valence-electron chi connectivity index (χ1n) is 11.7. The summed E-state index contributed by atoms with van der Waals surface area (Å²) in [6.45, 7) is -0.0220. The van der Waals surface area contributed by atoms with Crippen LogP contribution in [0.1, 0.15) is 38.1 Å². The minimum atomic E-state index is -1.08. The van der Waals surface area contributed by atoms with Crippen molar-refractivity contribution in [2.24, 2.45) is 0 Å². The molecule has 5 rings (SSSR count). The fourth-order valence-corrected chi connectivity index (χ4v) is 4.91. The molecule has 0 radical (unpaired) electrons. The van der Waals surface area contributed by atoms with E-state index in [0.29, 0.717) is 38.6 Å². The molecule has 1 amide bonds. The molecule has 2 N–H and O–H groups in total. The van der Waals surface area contributed by atoms with Gasteiger partial charge in [0.25, 0.3) is 5.91 Å². The van der Waals surface area contributed by atoms with Crippen LogP contribution in [0, 0.1) is 0 Å². The second kappa shape index (κ2) is 10.2. The lowest BCUT2D eigenvalue weighted by Gasteiger charge is -2.28. The van der Waals surface area contributed by atoms with Crippen LogP contribution in [-0.4, -0.2) is 47.0 Å². The number of carbonyl (C=O) groups excluding carboxylic acids is 2. The highest BCUT2D eigenvalue weighted by atomic mass is 35.5. The SMILES string of the molecule is COc1ccccc1C1C(C(=O)c2cc3cc(Cl)cc(OC)c3o2)=C(O)C(=O)N1Cc1ccc(C(=O)O)cc1. The molecular formula is C29H22ClNO8. The predicted octanol–water partition coefficient (Wildman–Crippen LogP) is 5.58.